The lowest BCUT2D eigenvalue weighted by atomic mass is 10.1. The van der Waals surface area contributed by atoms with Gasteiger partial charge in [0.1, 0.15) is 12.4 Å². The van der Waals surface area contributed by atoms with Crippen LogP contribution >= 0.6 is 0 Å². The van der Waals surface area contributed by atoms with Crippen molar-refractivity contribution in [3.8, 4) is 5.75 Å². The molecule has 4 heteroatoms. The number of hydrogen-bond donors (Lipinski definition) is 1. The molecule has 1 aromatic rings. The molecule has 0 spiro atoms. The molecule has 2 N–H and O–H groups in total. The second-order valence-electron chi connectivity index (χ2n) is 3.16. The number of ether oxygens (including phenoxy) is 2. The third-order valence-electron chi connectivity index (χ3n) is 2.25. The second-order valence-corrected chi connectivity index (χ2v) is 3.16. The Morgan fingerprint density at radius 1 is 1.64 bits per heavy atom. The van der Waals surface area contributed by atoms with Gasteiger partial charge in [-0.3, -0.25) is 0 Å². The number of hydrogen-bond acceptors (Lipinski definition) is 4. The highest BCUT2D eigenvalue weighted by Gasteiger charge is 2.21. The van der Waals surface area contributed by atoms with Crippen molar-refractivity contribution >= 4 is 5.97 Å². The van der Waals surface area contributed by atoms with Crippen LogP contribution < -0.4 is 10.5 Å². The normalized spacial score (nSPS) is 18.6. The number of rotatable bonds is 1. The lowest BCUT2D eigenvalue weighted by molar-refractivity contribution is 0.0600. The fourth-order valence-corrected chi connectivity index (χ4v) is 1.48. The number of nitrogens with two attached hydrogens (primary N) is 1. The zero-order valence-corrected chi connectivity index (χ0v) is 7.82. The summed E-state index contributed by atoms with van der Waals surface area (Å²) in [6.07, 6.45) is 0. The van der Waals surface area contributed by atoms with Gasteiger partial charge in [-0.05, 0) is 12.1 Å². The number of esters is 1. The third kappa shape index (κ3) is 1.33. The van der Waals surface area contributed by atoms with Crippen molar-refractivity contribution in [3.63, 3.8) is 0 Å². The zero-order valence-electron chi connectivity index (χ0n) is 7.82. The van der Waals surface area contributed by atoms with Crippen LogP contribution in [0.2, 0.25) is 0 Å². The summed E-state index contributed by atoms with van der Waals surface area (Å²) in [5, 5.41) is 0. The van der Waals surface area contributed by atoms with Crippen LogP contribution in [0.3, 0.4) is 0 Å². The second kappa shape index (κ2) is 3.31. The van der Waals surface area contributed by atoms with Crippen LogP contribution in [0.25, 0.3) is 0 Å². The van der Waals surface area contributed by atoms with Gasteiger partial charge in [-0.25, -0.2) is 4.79 Å². The SMILES string of the molecule is COC(=O)c1ccc2c(c1)OC[C@H]2N. The van der Waals surface area contributed by atoms with E-state index in [-0.39, 0.29) is 12.0 Å². The number of fused-ring (bicyclic) bond motifs is 1. The Morgan fingerprint density at radius 3 is 3.14 bits per heavy atom. The quantitative estimate of drug-likeness (QED) is 0.672. The van der Waals surface area contributed by atoms with Crippen LogP contribution in [0.15, 0.2) is 18.2 Å². The molecule has 0 saturated carbocycles. The predicted octanol–water partition coefficient (Wildman–Crippen LogP) is 0.865. The molecule has 1 aliphatic rings. The summed E-state index contributed by atoms with van der Waals surface area (Å²) in [5.41, 5.74) is 7.19. The van der Waals surface area contributed by atoms with Gasteiger partial charge < -0.3 is 15.2 Å². The average molecular weight is 193 g/mol. The Hall–Kier alpha value is -1.55. The summed E-state index contributed by atoms with van der Waals surface area (Å²) in [6.45, 7) is 0.472. The largest absolute Gasteiger partial charge is 0.491 e. The third-order valence-corrected chi connectivity index (χ3v) is 2.25. The summed E-state index contributed by atoms with van der Waals surface area (Å²) in [7, 11) is 1.35. The molecule has 1 aliphatic heterocycles. The van der Waals surface area contributed by atoms with Crippen LogP contribution in [0, 0.1) is 0 Å². The summed E-state index contributed by atoms with van der Waals surface area (Å²) in [6, 6.07) is 5.07. The molecule has 0 radical (unpaired) electrons. The van der Waals surface area contributed by atoms with Gasteiger partial charge in [0.2, 0.25) is 0 Å². The number of carbonyl (C=O) groups is 1. The highest BCUT2D eigenvalue weighted by atomic mass is 16.5. The monoisotopic (exact) mass is 193 g/mol. The molecule has 1 heterocycles. The van der Waals surface area contributed by atoms with Crippen molar-refractivity contribution in [3.05, 3.63) is 29.3 Å². The van der Waals surface area contributed by atoms with Crippen LogP contribution in [-0.4, -0.2) is 19.7 Å². The smallest absolute Gasteiger partial charge is 0.337 e. The Morgan fingerprint density at radius 2 is 2.43 bits per heavy atom. The van der Waals surface area contributed by atoms with E-state index in [4.69, 9.17) is 10.5 Å². The molecule has 1 aromatic carbocycles. The molecule has 14 heavy (non-hydrogen) atoms. The van der Waals surface area contributed by atoms with E-state index >= 15 is 0 Å². The first-order chi connectivity index (χ1) is 6.72. The molecule has 0 unspecified atom stereocenters. The lowest BCUT2D eigenvalue weighted by Gasteiger charge is -2.02. The van der Waals surface area contributed by atoms with Gasteiger partial charge in [0.25, 0.3) is 0 Å². The highest BCUT2D eigenvalue weighted by molar-refractivity contribution is 5.90. The number of benzene rings is 1. The van der Waals surface area contributed by atoms with Crippen molar-refractivity contribution in [2.24, 2.45) is 5.73 Å². The summed E-state index contributed by atoms with van der Waals surface area (Å²) in [5.74, 6) is 0.317. The Labute approximate surface area is 81.6 Å². The maximum Gasteiger partial charge on any atom is 0.337 e. The van der Waals surface area contributed by atoms with Crippen molar-refractivity contribution in [1.82, 2.24) is 0 Å². The number of methoxy groups -OCH3 is 1. The maximum absolute atomic E-state index is 11.2. The van der Waals surface area contributed by atoms with Gasteiger partial charge in [0.15, 0.2) is 0 Å². The van der Waals surface area contributed by atoms with Crippen LogP contribution in [-0.2, 0) is 4.74 Å². The summed E-state index contributed by atoms with van der Waals surface area (Å²) >= 11 is 0. The van der Waals surface area contributed by atoms with Crippen LogP contribution in [0.5, 0.6) is 5.75 Å². The highest BCUT2D eigenvalue weighted by Crippen LogP contribution is 2.31. The minimum Gasteiger partial charge on any atom is -0.491 e. The van der Waals surface area contributed by atoms with Crippen molar-refractivity contribution in [2.75, 3.05) is 13.7 Å². The number of carbonyl (C=O) groups excluding carboxylic acids is 1. The van der Waals surface area contributed by atoms with Gasteiger partial charge >= 0.3 is 5.97 Å². The van der Waals surface area contributed by atoms with E-state index in [1.165, 1.54) is 7.11 Å². The lowest BCUT2D eigenvalue weighted by Crippen LogP contribution is -2.10. The predicted molar refractivity (Wildman–Crippen MR) is 50.2 cm³/mol. The standard InChI is InChI=1S/C10H11NO3/c1-13-10(12)6-2-3-7-8(11)5-14-9(7)4-6/h2-4,8H,5,11H2,1H3/t8-/m1/s1. The first-order valence-corrected chi connectivity index (χ1v) is 4.33. The summed E-state index contributed by atoms with van der Waals surface area (Å²) in [4.78, 5) is 11.2. The first-order valence-electron chi connectivity index (χ1n) is 4.33. The first kappa shape index (κ1) is 9.02. The minimum absolute atomic E-state index is 0.0864. The molecule has 0 amide bonds. The molecule has 0 fully saturated rings. The Balaban J connectivity index is 2.37. The molecule has 2 rings (SSSR count). The zero-order chi connectivity index (χ0) is 10.1. The summed E-state index contributed by atoms with van der Waals surface area (Å²) < 4.78 is 9.91. The minimum atomic E-state index is -0.364. The fourth-order valence-electron chi connectivity index (χ4n) is 1.48. The van der Waals surface area contributed by atoms with Gasteiger partial charge in [-0.2, -0.15) is 0 Å². The molecule has 0 aromatic heterocycles. The van der Waals surface area contributed by atoms with Gasteiger partial charge in [0, 0.05) is 5.56 Å². The average Bonchev–Trinajstić information content (AvgIpc) is 2.59. The van der Waals surface area contributed by atoms with E-state index in [2.05, 4.69) is 4.74 Å². The van der Waals surface area contributed by atoms with E-state index in [1.54, 1.807) is 18.2 Å². The van der Waals surface area contributed by atoms with E-state index < -0.39 is 0 Å². The molecule has 1 atom stereocenters. The topological polar surface area (TPSA) is 61.5 Å². The van der Waals surface area contributed by atoms with Crippen molar-refractivity contribution in [2.45, 2.75) is 6.04 Å². The Kier molecular flexibility index (Phi) is 2.13. The molecule has 0 saturated heterocycles. The van der Waals surface area contributed by atoms with Crippen molar-refractivity contribution < 1.29 is 14.3 Å². The van der Waals surface area contributed by atoms with E-state index in [0.29, 0.717) is 17.9 Å². The maximum atomic E-state index is 11.2. The van der Waals surface area contributed by atoms with E-state index in [9.17, 15) is 4.79 Å². The molecule has 0 bridgehead atoms. The van der Waals surface area contributed by atoms with Crippen LogP contribution in [0.4, 0.5) is 0 Å². The van der Waals surface area contributed by atoms with Crippen LogP contribution in [0.1, 0.15) is 22.0 Å². The molecular weight excluding hydrogens is 182 g/mol. The van der Waals surface area contributed by atoms with Gasteiger partial charge in [0.05, 0.1) is 18.7 Å². The van der Waals surface area contributed by atoms with Gasteiger partial charge in [-0.1, -0.05) is 6.07 Å². The fraction of sp³-hybridized carbons (Fsp3) is 0.300. The molecule has 0 aliphatic carbocycles. The van der Waals surface area contributed by atoms with Crippen molar-refractivity contribution in [1.29, 1.82) is 0 Å². The van der Waals surface area contributed by atoms with E-state index in [0.717, 1.165) is 5.56 Å². The molecule has 74 valence electrons. The van der Waals surface area contributed by atoms with Gasteiger partial charge in [-0.15, -0.1) is 0 Å². The molecular formula is C10H11NO3. The molecule has 4 nitrogen and oxygen atoms in total. The Bertz CT molecular complexity index is 376. The van der Waals surface area contributed by atoms with E-state index in [1.807, 2.05) is 0 Å².